The van der Waals surface area contributed by atoms with Gasteiger partial charge in [-0.25, -0.2) is 14.3 Å². The van der Waals surface area contributed by atoms with Crippen molar-refractivity contribution in [2.45, 2.75) is 24.9 Å². The summed E-state index contributed by atoms with van der Waals surface area (Å²) in [6.07, 6.45) is -3.15. The van der Waals surface area contributed by atoms with E-state index in [9.17, 15) is 18.4 Å². The Labute approximate surface area is 183 Å². The molecule has 2 aromatic carbocycles. The second-order valence-corrected chi connectivity index (χ2v) is 6.82. The van der Waals surface area contributed by atoms with Crippen molar-refractivity contribution >= 4 is 11.8 Å². The van der Waals surface area contributed by atoms with Crippen molar-refractivity contribution in [3.63, 3.8) is 0 Å². The number of nitrogens with zero attached hydrogens (tertiary/aromatic N) is 1. The number of amides is 2. The molecule has 9 heteroatoms. The summed E-state index contributed by atoms with van der Waals surface area (Å²) in [7, 11) is 0. The van der Waals surface area contributed by atoms with Gasteiger partial charge in [-0.1, -0.05) is 11.8 Å². The maximum absolute atomic E-state index is 13.2. The first kappa shape index (κ1) is 24.0. The van der Waals surface area contributed by atoms with Crippen LogP contribution in [0.3, 0.4) is 0 Å². The third-order valence-corrected chi connectivity index (χ3v) is 4.38. The SMILES string of the molecule is CC(N)(C(F)F)C(NC(=O)c1ccc(C#CC#Cc2ccc(C#N)cc2)cc1)C(=O)NO. The number of hydrogen-bond donors (Lipinski definition) is 4. The van der Waals surface area contributed by atoms with Crippen LogP contribution < -0.4 is 16.5 Å². The molecule has 2 unspecified atom stereocenters. The number of carbonyl (C=O) groups is 2. The molecule has 2 amide bonds. The molecule has 0 aliphatic rings. The Morgan fingerprint density at radius 1 is 1.00 bits per heavy atom. The van der Waals surface area contributed by atoms with Gasteiger partial charge in [-0.15, -0.1) is 0 Å². The number of nitrogens with one attached hydrogen (secondary N) is 2. The van der Waals surface area contributed by atoms with Gasteiger partial charge in [0.2, 0.25) is 0 Å². The molecule has 0 fully saturated rings. The first-order valence-corrected chi connectivity index (χ1v) is 9.13. The number of hydroxylamine groups is 1. The molecule has 0 saturated carbocycles. The zero-order valence-corrected chi connectivity index (χ0v) is 16.8. The summed E-state index contributed by atoms with van der Waals surface area (Å²) in [4.78, 5) is 24.1. The second kappa shape index (κ2) is 10.7. The number of carbonyl (C=O) groups excluding carboxylic acids is 2. The van der Waals surface area contributed by atoms with E-state index in [0.29, 0.717) is 16.7 Å². The molecule has 0 heterocycles. The molecule has 0 aliphatic carbocycles. The van der Waals surface area contributed by atoms with Crippen LogP contribution in [0, 0.1) is 35.0 Å². The first-order chi connectivity index (χ1) is 15.2. The van der Waals surface area contributed by atoms with E-state index in [4.69, 9.17) is 16.2 Å². The molecule has 0 aromatic heterocycles. The largest absolute Gasteiger partial charge is 0.338 e. The number of alkyl halides is 2. The van der Waals surface area contributed by atoms with Crippen molar-refractivity contribution in [2.75, 3.05) is 0 Å². The minimum absolute atomic E-state index is 0.0695. The van der Waals surface area contributed by atoms with Gasteiger partial charge in [0.05, 0.1) is 11.6 Å². The maximum Gasteiger partial charge on any atom is 0.268 e. The van der Waals surface area contributed by atoms with E-state index in [0.717, 1.165) is 6.92 Å². The molecule has 0 radical (unpaired) electrons. The fraction of sp³-hybridized carbons (Fsp3) is 0.174. The van der Waals surface area contributed by atoms with Gasteiger partial charge in [0.1, 0.15) is 11.6 Å². The lowest BCUT2D eigenvalue weighted by atomic mass is 9.92. The number of nitrogens with two attached hydrogens (primary N) is 1. The lowest BCUT2D eigenvalue weighted by Gasteiger charge is -2.32. The van der Waals surface area contributed by atoms with Crippen LogP contribution in [0.25, 0.3) is 0 Å². The van der Waals surface area contributed by atoms with Crippen molar-refractivity contribution in [2.24, 2.45) is 5.73 Å². The maximum atomic E-state index is 13.2. The van der Waals surface area contributed by atoms with Crippen LogP contribution in [0.5, 0.6) is 0 Å². The molecular formula is C23H18F2N4O3. The first-order valence-electron chi connectivity index (χ1n) is 9.13. The third-order valence-electron chi connectivity index (χ3n) is 4.38. The van der Waals surface area contributed by atoms with Crippen LogP contribution in [0.2, 0.25) is 0 Å². The van der Waals surface area contributed by atoms with Crippen LogP contribution in [0.15, 0.2) is 48.5 Å². The van der Waals surface area contributed by atoms with Gasteiger partial charge in [-0.3, -0.25) is 14.8 Å². The van der Waals surface area contributed by atoms with Gasteiger partial charge in [0.15, 0.2) is 0 Å². The minimum atomic E-state index is -3.15. The van der Waals surface area contributed by atoms with Gasteiger partial charge < -0.3 is 11.1 Å². The average molecular weight is 436 g/mol. The van der Waals surface area contributed by atoms with Crippen molar-refractivity contribution in [1.29, 1.82) is 5.26 Å². The van der Waals surface area contributed by atoms with E-state index in [2.05, 4.69) is 29.0 Å². The Morgan fingerprint density at radius 2 is 1.47 bits per heavy atom. The summed E-state index contributed by atoms with van der Waals surface area (Å²) in [6.45, 7) is 0.884. The molecule has 2 aromatic rings. The summed E-state index contributed by atoms with van der Waals surface area (Å²) in [5, 5.41) is 19.6. The van der Waals surface area contributed by atoms with Crippen molar-refractivity contribution in [3.05, 3.63) is 70.8 Å². The predicted molar refractivity (Wildman–Crippen MR) is 111 cm³/mol. The molecule has 162 valence electrons. The standard InChI is InChI=1S/C23H18F2N4O3/c1-23(27,22(24)25)19(21(31)29-32)28-20(30)18-12-10-16(11-13-18)5-3-2-4-15-6-8-17(14-26)9-7-15/h6-13,19,22,32H,27H2,1H3,(H,28,30)(H,29,31). The number of benzene rings is 2. The zero-order chi connectivity index (χ0) is 23.7. The average Bonchev–Trinajstić information content (AvgIpc) is 2.80. The Kier molecular flexibility index (Phi) is 8.04. The fourth-order valence-corrected chi connectivity index (χ4v) is 2.45. The highest BCUT2D eigenvalue weighted by molar-refractivity contribution is 5.98. The van der Waals surface area contributed by atoms with Crippen molar-refractivity contribution in [1.82, 2.24) is 10.8 Å². The van der Waals surface area contributed by atoms with E-state index in [1.165, 1.54) is 29.7 Å². The molecule has 7 nitrogen and oxygen atoms in total. The lowest BCUT2D eigenvalue weighted by molar-refractivity contribution is -0.134. The predicted octanol–water partition coefficient (Wildman–Crippen LogP) is 1.55. The number of halogens is 2. The molecule has 2 atom stereocenters. The van der Waals surface area contributed by atoms with Crippen LogP contribution in [-0.2, 0) is 4.79 Å². The summed E-state index contributed by atoms with van der Waals surface area (Å²) < 4.78 is 26.4. The molecule has 2 rings (SSSR count). The molecule has 5 N–H and O–H groups in total. The van der Waals surface area contributed by atoms with Crippen LogP contribution >= 0.6 is 0 Å². The van der Waals surface area contributed by atoms with Crippen LogP contribution in [0.1, 0.15) is 34.0 Å². The van der Waals surface area contributed by atoms with Gasteiger partial charge >= 0.3 is 0 Å². The highest BCUT2D eigenvalue weighted by Crippen LogP contribution is 2.18. The van der Waals surface area contributed by atoms with Gasteiger partial charge in [-0.05, 0) is 67.3 Å². The highest BCUT2D eigenvalue weighted by Gasteiger charge is 2.44. The molecule has 0 bridgehead atoms. The van der Waals surface area contributed by atoms with Crippen LogP contribution in [-0.4, -0.2) is 35.0 Å². The summed E-state index contributed by atoms with van der Waals surface area (Å²) >= 11 is 0. The Morgan fingerprint density at radius 3 is 1.91 bits per heavy atom. The number of hydrogen-bond acceptors (Lipinski definition) is 5. The summed E-state index contributed by atoms with van der Waals surface area (Å²) in [5.41, 5.74) is 6.12. The van der Waals surface area contributed by atoms with Crippen molar-refractivity contribution < 1.29 is 23.6 Å². The zero-order valence-electron chi connectivity index (χ0n) is 16.8. The Balaban J connectivity index is 2.09. The van der Waals surface area contributed by atoms with E-state index in [1.807, 2.05) is 6.07 Å². The highest BCUT2D eigenvalue weighted by atomic mass is 19.3. The van der Waals surface area contributed by atoms with Gasteiger partial charge in [0, 0.05) is 16.7 Å². The molecule has 0 spiro atoms. The summed E-state index contributed by atoms with van der Waals surface area (Å²) in [5.74, 6) is 8.83. The smallest absolute Gasteiger partial charge is 0.268 e. The minimum Gasteiger partial charge on any atom is -0.338 e. The Hall–Kier alpha value is -4.23. The normalized spacial score (nSPS) is 12.7. The molecule has 0 aliphatic heterocycles. The fourth-order valence-electron chi connectivity index (χ4n) is 2.45. The van der Waals surface area contributed by atoms with Crippen LogP contribution in [0.4, 0.5) is 8.78 Å². The quantitative estimate of drug-likeness (QED) is 0.321. The monoisotopic (exact) mass is 436 g/mol. The Bertz CT molecular complexity index is 1150. The van der Waals surface area contributed by atoms with Crippen molar-refractivity contribution in [3.8, 4) is 29.8 Å². The lowest BCUT2D eigenvalue weighted by Crippen LogP contribution is -2.66. The van der Waals surface area contributed by atoms with E-state index >= 15 is 0 Å². The number of rotatable bonds is 5. The van der Waals surface area contributed by atoms with Gasteiger partial charge in [0.25, 0.3) is 18.2 Å². The third kappa shape index (κ3) is 6.13. The topological polar surface area (TPSA) is 128 Å². The van der Waals surface area contributed by atoms with E-state index < -0.39 is 29.8 Å². The molecule has 0 saturated heterocycles. The van der Waals surface area contributed by atoms with E-state index in [1.54, 1.807) is 24.3 Å². The molecule has 32 heavy (non-hydrogen) atoms. The van der Waals surface area contributed by atoms with E-state index in [-0.39, 0.29) is 5.56 Å². The molecular weight excluding hydrogens is 418 g/mol. The van der Waals surface area contributed by atoms with Gasteiger partial charge in [-0.2, -0.15) is 5.26 Å². The number of nitriles is 1. The second-order valence-electron chi connectivity index (χ2n) is 6.82. The summed E-state index contributed by atoms with van der Waals surface area (Å²) in [6, 6.07) is 12.6.